The van der Waals surface area contributed by atoms with Gasteiger partial charge in [0, 0.05) is 37.0 Å². The summed E-state index contributed by atoms with van der Waals surface area (Å²) in [7, 11) is 0. The van der Waals surface area contributed by atoms with Crippen LogP contribution in [0.3, 0.4) is 0 Å². The molecule has 0 aromatic carbocycles. The highest BCUT2D eigenvalue weighted by Gasteiger charge is 2.26. The molecular weight excluding hydrogens is 356 g/mol. The second-order valence-corrected chi connectivity index (χ2v) is 7.48. The lowest BCUT2D eigenvalue weighted by Crippen LogP contribution is -2.39. The summed E-state index contributed by atoms with van der Waals surface area (Å²) in [6.45, 7) is 6.66. The molecule has 1 aliphatic heterocycles. The van der Waals surface area contributed by atoms with Crippen LogP contribution in [0.5, 0.6) is 0 Å². The van der Waals surface area contributed by atoms with Gasteiger partial charge in [-0.05, 0) is 30.9 Å². The maximum atomic E-state index is 12.0. The monoisotopic (exact) mass is 382 g/mol. The first kappa shape index (κ1) is 19.7. The van der Waals surface area contributed by atoms with Crippen LogP contribution in [0.15, 0.2) is 24.5 Å². The standard InChI is InChI=1S/C20H26N6O2/c1-12(2)10-16(18(21)28)23-20-15-6-9-26(13(3)27)11-17(15)24-19(25-20)14-4-7-22-8-5-14/h4-5,7-8,12,16H,6,9-11H2,1-3H3,(H2,21,28)(H,23,24,25). The van der Waals surface area contributed by atoms with Gasteiger partial charge in [-0.2, -0.15) is 0 Å². The lowest BCUT2D eigenvalue weighted by molar-refractivity contribution is -0.129. The summed E-state index contributed by atoms with van der Waals surface area (Å²) in [5.74, 6) is 1.05. The van der Waals surface area contributed by atoms with E-state index in [0.717, 1.165) is 16.8 Å². The molecule has 148 valence electrons. The molecule has 1 unspecified atom stereocenters. The third-order valence-corrected chi connectivity index (χ3v) is 4.81. The van der Waals surface area contributed by atoms with Crippen molar-refractivity contribution in [2.45, 2.75) is 46.2 Å². The summed E-state index contributed by atoms with van der Waals surface area (Å²) in [6.07, 6.45) is 4.59. The fourth-order valence-electron chi connectivity index (χ4n) is 3.33. The summed E-state index contributed by atoms with van der Waals surface area (Å²) < 4.78 is 0. The van der Waals surface area contributed by atoms with Gasteiger partial charge >= 0.3 is 0 Å². The third kappa shape index (κ3) is 4.44. The number of hydrogen-bond donors (Lipinski definition) is 2. The molecule has 8 nitrogen and oxygen atoms in total. The second-order valence-electron chi connectivity index (χ2n) is 7.48. The minimum atomic E-state index is -0.518. The average Bonchev–Trinajstić information content (AvgIpc) is 2.67. The zero-order valence-corrected chi connectivity index (χ0v) is 16.5. The number of carbonyl (C=O) groups excluding carboxylic acids is 2. The molecule has 3 heterocycles. The predicted molar refractivity (Wildman–Crippen MR) is 106 cm³/mol. The summed E-state index contributed by atoms with van der Waals surface area (Å²) >= 11 is 0. The SMILES string of the molecule is CC(=O)N1CCc2c(nc(-c3ccncc3)nc2NC(CC(C)C)C(N)=O)C1. The first-order chi connectivity index (χ1) is 13.3. The highest BCUT2D eigenvalue weighted by molar-refractivity contribution is 5.83. The van der Waals surface area contributed by atoms with E-state index in [-0.39, 0.29) is 5.91 Å². The van der Waals surface area contributed by atoms with Crippen LogP contribution in [0.1, 0.15) is 38.4 Å². The number of rotatable bonds is 6. The zero-order chi connectivity index (χ0) is 20.3. The van der Waals surface area contributed by atoms with Crippen LogP contribution in [0, 0.1) is 5.92 Å². The number of nitrogens with two attached hydrogens (primary N) is 1. The average molecular weight is 382 g/mol. The Balaban J connectivity index is 2.03. The Morgan fingerprint density at radius 1 is 1.25 bits per heavy atom. The van der Waals surface area contributed by atoms with Crippen molar-refractivity contribution in [2.75, 3.05) is 11.9 Å². The summed E-state index contributed by atoms with van der Waals surface area (Å²) in [4.78, 5) is 39.0. The van der Waals surface area contributed by atoms with Crippen molar-refractivity contribution in [1.82, 2.24) is 19.9 Å². The molecule has 1 atom stereocenters. The van der Waals surface area contributed by atoms with E-state index >= 15 is 0 Å². The van der Waals surface area contributed by atoms with Crippen LogP contribution in [0.25, 0.3) is 11.4 Å². The fourth-order valence-corrected chi connectivity index (χ4v) is 3.33. The van der Waals surface area contributed by atoms with Gasteiger partial charge in [0.25, 0.3) is 0 Å². The van der Waals surface area contributed by atoms with Crippen molar-refractivity contribution in [1.29, 1.82) is 0 Å². The maximum absolute atomic E-state index is 12.0. The van der Waals surface area contributed by atoms with E-state index in [1.807, 2.05) is 26.0 Å². The van der Waals surface area contributed by atoms with E-state index in [9.17, 15) is 9.59 Å². The number of nitrogens with zero attached hydrogens (tertiary/aromatic N) is 4. The van der Waals surface area contributed by atoms with E-state index in [2.05, 4.69) is 10.3 Å². The smallest absolute Gasteiger partial charge is 0.239 e. The fraction of sp³-hybridized carbons (Fsp3) is 0.450. The molecule has 2 aromatic rings. The molecule has 0 spiro atoms. The van der Waals surface area contributed by atoms with Crippen molar-refractivity contribution in [3.05, 3.63) is 35.8 Å². The van der Waals surface area contributed by atoms with Crippen LogP contribution in [-0.4, -0.2) is 44.3 Å². The van der Waals surface area contributed by atoms with E-state index in [1.54, 1.807) is 24.2 Å². The van der Waals surface area contributed by atoms with Crippen molar-refractivity contribution in [3.63, 3.8) is 0 Å². The highest BCUT2D eigenvalue weighted by Crippen LogP contribution is 2.28. The first-order valence-corrected chi connectivity index (χ1v) is 9.46. The number of carbonyl (C=O) groups is 2. The van der Waals surface area contributed by atoms with E-state index in [4.69, 9.17) is 15.7 Å². The molecule has 0 saturated carbocycles. The maximum Gasteiger partial charge on any atom is 0.239 e. The Labute approximate surface area is 164 Å². The van der Waals surface area contributed by atoms with Crippen LogP contribution >= 0.6 is 0 Å². The van der Waals surface area contributed by atoms with Gasteiger partial charge in [-0.1, -0.05) is 13.8 Å². The Kier molecular flexibility index (Phi) is 5.87. The van der Waals surface area contributed by atoms with Gasteiger partial charge in [-0.3, -0.25) is 14.6 Å². The quantitative estimate of drug-likeness (QED) is 0.787. The molecule has 0 radical (unpaired) electrons. The lowest BCUT2D eigenvalue weighted by atomic mass is 10.0. The number of aromatic nitrogens is 3. The normalized spacial score (nSPS) is 14.5. The Hall–Kier alpha value is -3.03. The first-order valence-electron chi connectivity index (χ1n) is 9.46. The van der Waals surface area contributed by atoms with Crippen molar-refractivity contribution < 1.29 is 9.59 Å². The van der Waals surface area contributed by atoms with Gasteiger partial charge in [0.2, 0.25) is 11.8 Å². The molecule has 1 aliphatic rings. The highest BCUT2D eigenvalue weighted by atomic mass is 16.2. The molecule has 2 amide bonds. The van der Waals surface area contributed by atoms with Gasteiger partial charge in [0.05, 0.1) is 12.2 Å². The summed E-state index contributed by atoms with van der Waals surface area (Å²) in [5.41, 5.74) is 8.16. The molecule has 3 rings (SSSR count). The number of fused-ring (bicyclic) bond motifs is 1. The van der Waals surface area contributed by atoms with Crippen molar-refractivity contribution in [2.24, 2.45) is 11.7 Å². The number of amides is 2. The molecular formula is C20H26N6O2. The van der Waals surface area contributed by atoms with Crippen LogP contribution in [0.4, 0.5) is 5.82 Å². The predicted octanol–water partition coefficient (Wildman–Crippen LogP) is 1.76. The van der Waals surface area contributed by atoms with E-state index < -0.39 is 11.9 Å². The Bertz CT molecular complexity index is 868. The van der Waals surface area contributed by atoms with Gasteiger partial charge in [-0.15, -0.1) is 0 Å². The molecule has 0 aliphatic carbocycles. The molecule has 2 aromatic heterocycles. The van der Waals surface area contributed by atoms with Gasteiger partial charge in [0.15, 0.2) is 5.82 Å². The molecule has 3 N–H and O–H groups in total. The summed E-state index contributed by atoms with van der Waals surface area (Å²) in [5, 5.41) is 3.25. The number of primary amides is 1. The van der Waals surface area contributed by atoms with Gasteiger partial charge < -0.3 is 16.0 Å². The summed E-state index contributed by atoms with van der Waals surface area (Å²) in [6, 6.07) is 3.14. The third-order valence-electron chi connectivity index (χ3n) is 4.81. The second kappa shape index (κ2) is 8.33. The molecule has 0 fully saturated rings. The minimum absolute atomic E-state index is 0.0130. The Morgan fingerprint density at radius 3 is 2.57 bits per heavy atom. The lowest BCUT2D eigenvalue weighted by Gasteiger charge is -2.29. The number of nitrogens with one attached hydrogen (secondary N) is 1. The van der Waals surface area contributed by atoms with Crippen molar-refractivity contribution >= 4 is 17.6 Å². The Morgan fingerprint density at radius 2 is 1.96 bits per heavy atom. The van der Waals surface area contributed by atoms with Crippen LogP contribution in [-0.2, 0) is 22.6 Å². The largest absolute Gasteiger partial charge is 0.368 e. The molecule has 28 heavy (non-hydrogen) atoms. The molecule has 0 saturated heterocycles. The number of anilines is 1. The number of pyridine rings is 1. The molecule has 0 bridgehead atoms. The number of hydrogen-bond acceptors (Lipinski definition) is 6. The van der Waals surface area contributed by atoms with Gasteiger partial charge in [0.1, 0.15) is 11.9 Å². The van der Waals surface area contributed by atoms with Gasteiger partial charge in [-0.25, -0.2) is 9.97 Å². The van der Waals surface area contributed by atoms with Crippen LogP contribution in [0.2, 0.25) is 0 Å². The van der Waals surface area contributed by atoms with Crippen LogP contribution < -0.4 is 11.1 Å². The molecule has 8 heteroatoms. The topological polar surface area (TPSA) is 114 Å². The van der Waals surface area contributed by atoms with E-state index in [1.165, 1.54) is 0 Å². The minimum Gasteiger partial charge on any atom is -0.368 e. The zero-order valence-electron chi connectivity index (χ0n) is 16.5. The van der Waals surface area contributed by atoms with E-state index in [0.29, 0.717) is 43.5 Å². The van der Waals surface area contributed by atoms with Crippen molar-refractivity contribution in [3.8, 4) is 11.4 Å².